The Morgan fingerprint density at radius 3 is 2.48 bits per heavy atom. The Hall–Kier alpha value is -2.65. The maximum atomic E-state index is 12.0. The summed E-state index contributed by atoms with van der Waals surface area (Å²) in [6.45, 7) is 1.61. The zero-order valence-electron chi connectivity index (χ0n) is 12.2. The number of carbonyl (C=O) groups excluding carboxylic acids is 1. The number of ether oxygens (including phenoxy) is 2. The highest BCUT2D eigenvalue weighted by atomic mass is 19.4. The van der Waals surface area contributed by atoms with Gasteiger partial charge in [0.2, 0.25) is 0 Å². The van der Waals surface area contributed by atoms with Crippen LogP contribution in [0.4, 0.5) is 13.2 Å². The van der Waals surface area contributed by atoms with E-state index in [0.29, 0.717) is 11.4 Å². The number of hydrogen-bond acceptors (Lipinski definition) is 6. The van der Waals surface area contributed by atoms with Crippen molar-refractivity contribution in [2.45, 2.75) is 25.8 Å². The van der Waals surface area contributed by atoms with E-state index in [0.717, 1.165) is 12.1 Å². The first-order valence-corrected chi connectivity index (χ1v) is 6.51. The first-order valence-electron chi connectivity index (χ1n) is 6.51. The Kier molecular flexibility index (Phi) is 4.82. The highest BCUT2D eigenvalue weighted by Crippen LogP contribution is 2.23. The van der Waals surface area contributed by atoms with E-state index in [1.807, 2.05) is 0 Å². The van der Waals surface area contributed by atoms with Gasteiger partial charge in [0.1, 0.15) is 5.75 Å². The zero-order chi connectivity index (χ0) is 17.0. The largest absolute Gasteiger partial charge is 0.573 e. The number of alkyl halides is 3. The third kappa shape index (κ3) is 4.94. The Labute approximate surface area is 129 Å². The molecule has 1 aromatic heterocycles. The summed E-state index contributed by atoms with van der Waals surface area (Å²) in [5, 5.41) is 10.8. The summed E-state index contributed by atoms with van der Waals surface area (Å²) in [7, 11) is 1.61. The number of benzene rings is 1. The average molecular weight is 330 g/mol. The molecule has 1 aromatic carbocycles. The topological polar surface area (TPSA) is 79.1 Å². The van der Waals surface area contributed by atoms with Gasteiger partial charge in [0, 0.05) is 7.05 Å². The van der Waals surface area contributed by atoms with Gasteiger partial charge in [0.25, 0.3) is 0 Å². The zero-order valence-corrected chi connectivity index (χ0v) is 12.2. The number of halogens is 3. The van der Waals surface area contributed by atoms with Gasteiger partial charge in [0.15, 0.2) is 11.9 Å². The van der Waals surface area contributed by atoms with E-state index in [1.54, 1.807) is 14.0 Å². The van der Waals surface area contributed by atoms with Gasteiger partial charge < -0.3 is 9.47 Å². The molecule has 0 radical (unpaired) electrons. The Bertz CT molecular complexity index is 670. The Balaban J connectivity index is 1.91. The molecule has 0 aliphatic rings. The van der Waals surface area contributed by atoms with Crippen molar-refractivity contribution in [3.63, 3.8) is 0 Å². The van der Waals surface area contributed by atoms with Gasteiger partial charge in [-0.15, -0.1) is 18.3 Å². The Morgan fingerprint density at radius 2 is 1.96 bits per heavy atom. The first-order chi connectivity index (χ1) is 10.7. The Morgan fingerprint density at radius 1 is 1.30 bits per heavy atom. The lowest BCUT2D eigenvalue weighted by molar-refractivity contribution is -0.274. The molecule has 0 spiro atoms. The molecule has 0 fully saturated rings. The van der Waals surface area contributed by atoms with Crippen LogP contribution in [0.2, 0.25) is 0 Å². The van der Waals surface area contributed by atoms with Crippen LogP contribution in [0.3, 0.4) is 0 Å². The van der Waals surface area contributed by atoms with E-state index in [4.69, 9.17) is 4.74 Å². The summed E-state index contributed by atoms with van der Waals surface area (Å²) in [6, 6.07) is 4.98. The summed E-state index contributed by atoms with van der Waals surface area (Å²) in [6.07, 6.45) is -5.49. The van der Waals surface area contributed by atoms with Crippen molar-refractivity contribution in [3.8, 4) is 5.75 Å². The third-order valence-corrected chi connectivity index (χ3v) is 2.83. The summed E-state index contributed by atoms with van der Waals surface area (Å²) in [5.74, 6) is -0.523. The molecule has 0 aliphatic heterocycles. The monoisotopic (exact) mass is 330 g/mol. The molecule has 1 heterocycles. The molecule has 2 aromatic rings. The molecule has 0 bridgehead atoms. The molecule has 23 heavy (non-hydrogen) atoms. The van der Waals surface area contributed by atoms with Gasteiger partial charge in [0.05, 0.1) is 6.42 Å². The summed E-state index contributed by atoms with van der Waals surface area (Å²) in [4.78, 5) is 11.8. The summed E-state index contributed by atoms with van der Waals surface area (Å²) < 4.78 is 46.4. The van der Waals surface area contributed by atoms with Crippen molar-refractivity contribution in [2.24, 2.45) is 7.05 Å². The molecule has 0 amide bonds. The molecule has 124 valence electrons. The quantitative estimate of drug-likeness (QED) is 0.780. The SMILES string of the molecule is CC(OC(=O)Cc1ccc(OC(F)(F)F)cc1)c1nnnn1C. The molecular weight excluding hydrogens is 317 g/mol. The number of tetrazole rings is 1. The van der Waals surface area contributed by atoms with E-state index >= 15 is 0 Å². The van der Waals surface area contributed by atoms with E-state index in [-0.39, 0.29) is 12.2 Å². The van der Waals surface area contributed by atoms with Gasteiger partial charge in [-0.3, -0.25) is 4.79 Å². The predicted octanol–water partition coefficient (Wildman–Crippen LogP) is 1.96. The molecule has 7 nitrogen and oxygen atoms in total. The van der Waals surface area contributed by atoms with E-state index in [1.165, 1.54) is 16.8 Å². The van der Waals surface area contributed by atoms with Crippen molar-refractivity contribution in [1.82, 2.24) is 20.2 Å². The number of hydrogen-bond donors (Lipinski definition) is 0. The van der Waals surface area contributed by atoms with Gasteiger partial charge >= 0.3 is 12.3 Å². The van der Waals surface area contributed by atoms with Crippen molar-refractivity contribution in [1.29, 1.82) is 0 Å². The standard InChI is InChI=1S/C13H13F3N4O3/c1-8(12-17-18-19-20(12)2)22-11(21)7-9-3-5-10(6-4-9)23-13(14,15)16/h3-6,8H,7H2,1-2H3. The fourth-order valence-corrected chi connectivity index (χ4v) is 1.85. The first kappa shape index (κ1) is 16.7. The normalized spacial score (nSPS) is 12.7. The minimum Gasteiger partial charge on any atom is -0.454 e. The second kappa shape index (κ2) is 6.63. The molecule has 10 heteroatoms. The van der Waals surface area contributed by atoms with Gasteiger partial charge in [-0.05, 0) is 35.0 Å². The molecule has 2 rings (SSSR count). The van der Waals surface area contributed by atoms with Gasteiger partial charge in [-0.2, -0.15) is 0 Å². The fourth-order valence-electron chi connectivity index (χ4n) is 1.85. The van der Waals surface area contributed by atoms with Crippen molar-refractivity contribution in [3.05, 3.63) is 35.7 Å². The average Bonchev–Trinajstić information content (AvgIpc) is 2.85. The number of aromatic nitrogens is 4. The predicted molar refractivity (Wildman–Crippen MR) is 70.1 cm³/mol. The maximum Gasteiger partial charge on any atom is 0.573 e. The number of nitrogens with zero attached hydrogens (tertiary/aromatic N) is 4. The van der Waals surface area contributed by atoms with Crippen LogP contribution in [-0.4, -0.2) is 32.5 Å². The van der Waals surface area contributed by atoms with Crippen LogP contribution in [0.5, 0.6) is 5.75 Å². The third-order valence-electron chi connectivity index (χ3n) is 2.83. The van der Waals surface area contributed by atoms with Crippen LogP contribution in [-0.2, 0) is 23.0 Å². The molecule has 0 saturated heterocycles. The second-order valence-corrected chi connectivity index (χ2v) is 4.66. The molecule has 0 saturated carbocycles. The number of carbonyl (C=O) groups is 1. The highest BCUT2D eigenvalue weighted by molar-refractivity contribution is 5.72. The molecule has 1 unspecified atom stereocenters. The van der Waals surface area contributed by atoms with Gasteiger partial charge in [-0.1, -0.05) is 12.1 Å². The molecule has 0 aliphatic carbocycles. The van der Waals surface area contributed by atoms with Crippen molar-refractivity contribution < 1.29 is 27.4 Å². The van der Waals surface area contributed by atoms with E-state index < -0.39 is 18.4 Å². The second-order valence-electron chi connectivity index (χ2n) is 4.66. The van der Waals surface area contributed by atoms with Crippen molar-refractivity contribution in [2.75, 3.05) is 0 Å². The van der Waals surface area contributed by atoms with Crippen LogP contribution in [0, 0.1) is 0 Å². The molecule has 0 N–H and O–H groups in total. The summed E-state index contributed by atoms with van der Waals surface area (Å²) >= 11 is 0. The summed E-state index contributed by atoms with van der Waals surface area (Å²) in [5.41, 5.74) is 0.493. The highest BCUT2D eigenvalue weighted by Gasteiger charge is 2.31. The number of aryl methyl sites for hydroxylation is 1. The fraction of sp³-hybridized carbons (Fsp3) is 0.385. The van der Waals surface area contributed by atoms with Crippen LogP contribution in [0.25, 0.3) is 0 Å². The molecular formula is C13H13F3N4O3. The van der Waals surface area contributed by atoms with E-state index in [2.05, 4.69) is 20.3 Å². The lowest BCUT2D eigenvalue weighted by atomic mass is 10.1. The van der Waals surface area contributed by atoms with Crippen molar-refractivity contribution >= 4 is 5.97 Å². The minimum absolute atomic E-state index is 0.0953. The smallest absolute Gasteiger partial charge is 0.454 e. The van der Waals surface area contributed by atoms with Crippen LogP contribution >= 0.6 is 0 Å². The lowest BCUT2D eigenvalue weighted by Crippen LogP contribution is -2.17. The minimum atomic E-state index is -4.75. The van der Waals surface area contributed by atoms with Gasteiger partial charge in [-0.25, -0.2) is 4.68 Å². The molecule has 1 atom stereocenters. The van der Waals surface area contributed by atoms with Crippen LogP contribution < -0.4 is 4.74 Å². The lowest BCUT2D eigenvalue weighted by Gasteiger charge is -2.12. The number of esters is 1. The van der Waals surface area contributed by atoms with Crippen LogP contribution in [0.15, 0.2) is 24.3 Å². The van der Waals surface area contributed by atoms with Crippen LogP contribution in [0.1, 0.15) is 24.4 Å². The maximum absolute atomic E-state index is 12.0. The van der Waals surface area contributed by atoms with E-state index in [9.17, 15) is 18.0 Å². The number of rotatable bonds is 5.